The molecule has 0 atom stereocenters. The number of nitrogen functional groups attached to an aromatic ring is 1. The summed E-state index contributed by atoms with van der Waals surface area (Å²) in [5, 5.41) is 16.7. The molecule has 3 N–H and O–H groups in total. The Labute approximate surface area is 128 Å². The first-order valence-electron chi connectivity index (χ1n) is 6.91. The topological polar surface area (TPSA) is 102 Å². The van der Waals surface area contributed by atoms with Crippen LogP contribution in [0.15, 0.2) is 58.8 Å². The van der Waals surface area contributed by atoms with Gasteiger partial charge in [-0.3, -0.25) is 4.79 Å². The minimum Gasteiger partial charge on any atom is -0.506 e. The van der Waals surface area contributed by atoms with Crippen LogP contribution >= 0.6 is 0 Å². The maximum Gasteiger partial charge on any atom is 0.360 e. The predicted molar refractivity (Wildman–Crippen MR) is 83.5 cm³/mol. The molecule has 2 rings (SSSR count). The van der Waals surface area contributed by atoms with E-state index >= 15 is 0 Å². The number of hydrogen-bond donors (Lipinski definition) is 2. The van der Waals surface area contributed by atoms with Crippen LogP contribution in [0.1, 0.15) is 22.3 Å². The van der Waals surface area contributed by atoms with Gasteiger partial charge in [0.05, 0.1) is 11.3 Å². The first-order valence-corrected chi connectivity index (χ1v) is 6.91. The number of hydrogen-bond acceptors (Lipinski definition) is 4. The highest BCUT2D eigenvalue weighted by atomic mass is 16.3. The second-order valence-electron chi connectivity index (χ2n) is 4.72. The largest absolute Gasteiger partial charge is 0.506 e. The monoisotopic (exact) mass is 297 g/mol. The Hall–Kier alpha value is -2.98. The Morgan fingerprint density at radius 1 is 1.18 bits per heavy atom. The maximum atomic E-state index is 11.7. The summed E-state index contributed by atoms with van der Waals surface area (Å²) in [7, 11) is 0. The lowest BCUT2D eigenvalue weighted by Crippen LogP contribution is -1.96. The molecule has 0 aromatic heterocycles. The van der Waals surface area contributed by atoms with E-state index in [0.29, 0.717) is 6.54 Å². The van der Waals surface area contributed by atoms with Crippen molar-refractivity contribution in [1.82, 2.24) is 4.91 Å². The molecular weight excluding hydrogens is 280 g/mol. The molecule has 0 saturated carbocycles. The molecule has 0 bridgehead atoms. The molecule has 0 spiro atoms. The Morgan fingerprint density at radius 2 is 1.95 bits per heavy atom. The molecule has 22 heavy (non-hydrogen) atoms. The van der Waals surface area contributed by atoms with E-state index in [1.807, 2.05) is 18.2 Å². The van der Waals surface area contributed by atoms with Crippen LogP contribution in [0.4, 0.5) is 5.69 Å². The van der Waals surface area contributed by atoms with Crippen molar-refractivity contribution in [2.75, 3.05) is 12.3 Å². The molecule has 1 amide bonds. The van der Waals surface area contributed by atoms with E-state index in [1.54, 1.807) is 0 Å². The molecule has 0 radical (unpaired) electrons. The first-order chi connectivity index (χ1) is 10.7. The van der Waals surface area contributed by atoms with Crippen molar-refractivity contribution in [2.24, 2.45) is 10.2 Å². The van der Waals surface area contributed by atoms with Crippen molar-refractivity contribution in [1.29, 1.82) is 0 Å². The van der Waals surface area contributed by atoms with Crippen molar-refractivity contribution in [3.63, 3.8) is 0 Å². The number of nitrogens with zero attached hydrogens (tertiary/aromatic N) is 3. The minimum atomic E-state index is -0.567. The van der Waals surface area contributed by atoms with Crippen LogP contribution in [0, 0.1) is 0 Å². The van der Waals surface area contributed by atoms with Crippen molar-refractivity contribution in [3.8, 4) is 5.75 Å². The van der Waals surface area contributed by atoms with E-state index in [-0.39, 0.29) is 17.0 Å². The predicted octanol–water partition coefficient (Wildman–Crippen LogP) is 2.72. The summed E-state index contributed by atoms with van der Waals surface area (Å²) in [5.74, 6) is -0.719. The summed E-state index contributed by atoms with van der Waals surface area (Å²) in [6.45, 7) is 0.499. The number of aromatic hydroxyl groups is 1. The fourth-order valence-corrected chi connectivity index (χ4v) is 1.85. The Balaban J connectivity index is 1.83. The summed E-state index contributed by atoms with van der Waals surface area (Å²) >= 11 is 0. The average molecular weight is 297 g/mol. The van der Waals surface area contributed by atoms with Gasteiger partial charge in [-0.05, 0) is 36.6 Å². The number of carbonyl (C=O) groups is 1. The summed E-state index contributed by atoms with van der Waals surface area (Å²) < 4.78 is 0. The van der Waals surface area contributed by atoms with Crippen LogP contribution in [0.5, 0.6) is 5.75 Å². The van der Waals surface area contributed by atoms with Gasteiger partial charge in [0.1, 0.15) is 17.4 Å². The van der Waals surface area contributed by atoms with Crippen LogP contribution in [0.2, 0.25) is 0 Å². The van der Waals surface area contributed by atoms with E-state index in [0.717, 1.165) is 12.8 Å². The van der Waals surface area contributed by atoms with Gasteiger partial charge in [0.2, 0.25) is 10.0 Å². The van der Waals surface area contributed by atoms with E-state index in [9.17, 15) is 9.90 Å². The standard InChI is InChI=1S/C16H16N4O2/c17-14-9-8-13(11-15(14)21)16(22)19-20-18-10-4-7-12-5-2-1-3-6-12/h1-3,5-6,8-9,11,17H,4,7,10H2,(H,18,19,22)/p+1. The molecule has 0 aliphatic heterocycles. The highest BCUT2D eigenvalue weighted by Gasteiger charge is 2.11. The number of anilines is 1. The molecule has 0 unspecified atom stereocenters. The Bertz CT molecular complexity index is 707. The van der Waals surface area contributed by atoms with Crippen LogP contribution in [-0.2, 0) is 6.42 Å². The van der Waals surface area contributed by atoms with Gasteiger partial charge >= 0.3 is 5.91 Å². The van der Waals surface area contributed by atoms with Gasteiger partial charge in [-0.15, -0.1) is 0 Å². The lowest BCUT2D eigenvalue weighted by Gasteiger charge is -1.97. The van der Waals surface area contributed by atoms with E-state index in [4.69, 9.17) is 5.73 Å². The van der Waals surface area contributed by atoms with E-state index < -0.39 is 5.91 Å². The smallest absolute Gasteiger partial charge is 0.360 e. The second kappa shape index (κ2) is 7.71. The molecule has 0 saturated heterocycles. The lowest BCUT2D eigenvalue weighted by atomic mass is 10.1. The van der Waals surface area contributed by atoms with Gasteiger partial charge < -0.3 is 10.8 Å². The van der Waals surface area contributed by atoms with E-state index in [1.165, 1.54) is 23.8 Å². The zero-order chi connectivity index (χ0) is 15.8. The zero-order valence-electron chi connectivity index (χ0n) is 12.0. The normalized spacial score (nSPS) is 9.82. The van der Waals surface area contributed by atoms with Gasteiger partial charge in [0.15, 0.2) is 0 Å². The highest BCUT2D eigenvalue weighted by molar-refractivity contribution is 5.95. The van der Waals surface area contributed by atoms with Gasteiger partial charge in [-0.1, -0.05) is 30.3 Å². The molecule has 0 aliphatic rings. The van der Waals surface area contributed by atoms with E-state index in [2.05, 4.69) is 27.3 Å². The highest BCUT2D eigenvalue weighted by Crippen LogP contribution is 2.20. The van der Waals surface area contributed by atoms with Crippen molar-refractivity contribution < 1.29 is 9.90 Å². The third-order valence-corrected chi connectivity index (χ3v) is 3.04. The Morgan fingerprint density at radius 3 is 2.68 bits per heavy atom. The second-order valence-corrected chi connectivity index (χ2v) is 4.72. The molecule has 0 aliphatic carbocycles. The third-order valence-electron chi connectivity index (χ3n) is 3.04. The summed E-state index contributed by atoms with van der Waals surface area (Å²) in [6, 6.07) is 14.2. The fourth-order valence-electron chi connectivity index (χ4n) is 1.85. The average Bonchev–Trinajstić information content (AvgIpc) is 2.54. The maximum absolute atomic E-state index is 11.7. The van der Waals surface area contributed by atoms with Crippen molar-refractivity contribution in [3.05, 3.63) is 59.7 Å². The number of carbonyl (C=O) groups excluding carboxylic acids is 1. The number of phenolic OH excluding ortho intramolecular Hbond substituents is 1. The quantitative estimate of drug-likeness (QED) is 0.291. The zero-order valence-corrected chi connectivity index (χ0v) is 12.0. The summed E-state index contributed by atoms with van der Waals surface area (Å²) in [4.78, 5) is 15.2. The van der Waals surface area contributed by atoms with Crippen LogP contribution in [-0.4, -0.2) is 17.6 Å². The fraction of sp³-hybridized carbons (Fsp3) is 0.188. The van der Waals surface area contributed by atoms with Crippen molar-refractivity contribution >= 4 is 11.6 Å². The number of phenols is 1. The molecule has 6 nitrogen and oxygen atoms in total. The van der Waals surface area contributed by atoms with Gasteiger partial charge in [0.25, 0.3) is 0 Å². The minimum absolute atomic E-state index is 0.152. The number of rotatable bonds is 5. The summed E-state index contributed by atoms with van der Waals surface area (Å²) in [6.07, 6.45) is 1.74. The number of aryl methyl sites for hydroxylation is 1. The van der Waals surface area contributed by atoms with Crippen LogP contribution in [0.25, 0.3) is 0 Å². The number of nitrogens with two attached hydrogens (primary N) is 1. The molecule has 6 heteroatoms. The molecular formula is C16H17N4O2+. The van der Waals surface area contributed by atoms with Crippen LogP contribution in [0.3, 0.4) is 0 Å². The lowest BCUT2D eigenvalue weighted by molar-refractivity contribution is 0.0992. The molecule has 2 aromatic carbocycles. The van der Waals surface area contributed by atoms with Crippen molar-refractivity contribution in [2.45, 2.75) is 12.8 Å². The molecule has 0 fully saturated rings. The van der Waals surface area contributed by atoms with Gasteiger partial charge in [-0.2, -0.15) is 0 Å². The molecule has 2 aromatic rings. The summed E-state index contributed by atoms with van der Waals surface area (Å²) in [5.41, 5.74) is 7.12. The molecule has 0 heterocycles. The first kappa shape index (κ1) is 15.4. The third kappa shape index (κ3) is 4.54. The van der Waals surface area contributed by atoms with Gasteiger partial charge in [-0.25, -0.2) is 0 Å². The number of amides is 1. The van der Waals surface area contributed by atoms with Gasteiger partial charge in [0, 0.05) is 0 Å². The molecule has 112 valence electrons. The number of benzene rings is 2. The van der Waals surface area contributed by atoms with Crippen LogP contribution < -0.4 is 10.6 Å². The Kier molecular flexibility index (Phi) is 5.40. The SMILES string of the molecule is Nc1ccc(C(=O)N=[N+]=NCCCc2ccccc2)cc1O.